The Morgan fingerprint density at radius 3 is 2.66 bits per heavy atom. The Labute approximate surface area is 174 Å². The van der Waals surface area contributed by atoms with E-state index in [1.807, 2.05) is 22.6 Å². The van der Waals surface area contributed by atoms with E-state index in [-0.39, 0.29) is 17.5 Å². The van der Waals surface area contributed by atoms with Gasteiger partial charge in [0, 0.05) is 19.1 Å². The van der Waals surface area contributed by atoms with Crippen LogP contribution < -0.4 is 5.56 Å². The predicted molar refractivity (Wildman–Crippen MR) is 115 cm³/mol. The zero-order valence-corrected chi connectivity index (χ0v) is 18.0. The van der Waals surface area contributed by atoms with Gasteiger partial charge in [-0.15, -0.1) is 10.2 Å². The number of hydrogen-bond donors (Lipinski definition) is 0. The lowest BCUT2D eigenvalue weighted by atomic mass is 9.93. The van der Waals surface area contributed by atoms with Crippen LogP contribution in [0.5, 0.6) is 0 Å². The number of carbonyl (C=O) groups excluding carboxylic acids is 1. The Balaban J connectivity index is 1.63. The minimum atomic E-state index is -0.101. The molecule has 1 aromatic carbocycles. The van der Waals surface area contributed by atoms with E-state index in [2.05, 4.69) is 28.9 Å². The normalized spacial score (nSPS) is 15.4. The largest absolute Gasteiger partial charge is 0.337 e. The fraction of sp³-hybridized carbons (Fsp3) is 0.524. The van der Waals surface area contributed by atoms with Gasteiger partial charge in [0.2, 0.25) is 11.7 Å². The highest BCUT2D eigenvalue weighted by Crippen LogP contribution is 2.26. The first-order valence-electron chi connectivity index (χ1n) is 10.3. The molecule has 1 aliphatic carbocycles. The number of fused-ring (bicyclic) bond motifs is 3. The molecule has 1 aliphatic rings. The topological polar surface area (TPSA) is 72.5 Å². The van der Waals surface area contributed by atoms with Gasteiger partial charge in [-0.1, -0.05) is 43.2 Å². The van der Waals surface area contributed by atoms with Gasteiger partial charge in [-0.25, -0.2) is 0 Å². The van der Waals surface area contributed by atoms with Crippen molar-refractivity contribution in [1.82, 2.24) is 24.1 Å². The van der Waals surface area contributed by atoms with Crippen LogP contribution in [0, 0.1) is 0 Å². The van der Waals surface area contributed by atoms with Gasteiger partial charge >= 0.3 is 0 Å². The molecule has 0 unspecified atom stereocenters. The van der Waals surface area contributed by atoms with E-state index < -0.39 is 0 Å². The van der Waals surface area contributed by atoms with Gasteiger partial charge in [0.05, 0.1) is 16.7 Å². The molecule has 8 heteroatoms. The fourth-order valence-corrected chi connectivity index (χ4v) is 5.19. The standard InChI is InChI=1S/C21H27N5O2S/c1-14(2)25(15-9-5-4-6-10-15)18(27)13-29-21-23-22-20-24(3)19(28)16-11-7-8-12-17(16)26(20)21/h7-8,11-12,14-15H,4-6,9-10,13H2,1-3H3. The van der Waals surface area contributed by atoms with Crippen LogP contribution in [-0.2, 0) is 11.8 Å². The van der Waals surface area contributed by atoms with Crippen LogP contribution in [0.15, 0.2) is 34.2 Å². The Morgan fingerprint density at radius 1 is 1.21 bits per heavy atom. The molecule has 2 heterocycles. The maximum Gasteiger partial charge on any atom is 0.262 e. The second kappa shape index (κ2) is 8.18. The summed E-state index contributed by atoms with van der Waals surface area (Å²) in [5.74, 6) is 0.937. The molecule has 29 heavy (non-hydrogen) atoms. The highest BCUT2D eigenvalue weighted by molar-refractivity contribution is 7.99. The lowest BCUT2D eigenvalue weighted by Gasteiger charge is -2.37. The number of rotatable bonds is 5. The Hall–Kier alpha value is -2.35. The number of benzene rings is 1. The van der Waals surface area contributed by atoms with E-state index in [1.54, 1.807) is 13.1 Å². The third kappa shape index (κ3) is 3.66. The van der Waals surface area contributed by atoms with E-state index >= 15 is 0 Å². The lowest BCUT2D eigenvalue weighted by molar-refractivity contribution is -0.133. The summed E-state index contributed by atoms with van der Waals surface area (Å²) in [7, 11) is 1.70. The van der Waals surface area contributed by atoms with Gasteiger partial charge in [0.25, 0.3) is 5.56 Å². The summed E-state index contributed by atoms with van der Waals surface area (Å²) in [6.07, 6.45) is 5.85. The van der Waals surface area contributed by atoms with Crippen molar-refractivity contribution in [2.75, 3.05) is 5.75 Å². The highest BCUT2D eigenvalue weighted by atomic mass is 32.2. The number of thioether (sulfide) groups is 1. The first-order valence-corrected chi connectivity index (χ1v) is 11.2. The molecular formula is C21H27N5O2S. The van der Waals surface area contributed by atoms with Gasteiger partial charge in [0.1, 0.15) is 0 Å². The number of nitrogens with zero attached hydrogens (tertiary/aromatic N) is 5. The van der Waals surface area contributed by atoms with Crippen molar-refractivity contribution in [1.29, 1.82) is 0 Å². The Bertz CT molecular complexity index is 1100. The monoisotopic (exact) mass is 413 g/mol. The van der Waals surface area contributed by atoms with Crippen LogP contribution >= 0.6 is 11.8 Å². The van der Waals surface area contributed by atoms with Crippen LogP contribution in [-0.4, -0.2) is 47.8 Å². The summed E-state index contributed by atoms with van der Waals surface area (Å²) in [5, 5.41) is 9.73. The number of aryl methyl sites for hydroxylation is 1. The highest BCUT2D eigenvalue weighted by Gasteiger charge is 2.28. The van der Waals surface area contributed by atoms with Gasteiger partial charge in [-0.2, -0.15) is 0 Å². The Morgan fingerprint density at radius 2 is 1.93 bits per heavy atom. The van der Waals surface area contributed by atoms with Gasteiger partial charge < -0.3 is 4.90 Å². The third-order valence-electron chi connectivity index (χ3n) is 5.73. The number of para-hydroxylation sites is 1. The van der Waals surface area contributed by atoms with Crippen molar-refractivity contribution < 1.29 is 4.79 Å². The maximum atomic E-state index is 13.1. The molecule has 154 valence electrons. The SMILES string of the molecule is CC(C)N(C(=O)CSc1nnc2n(C)c(=O)c3ccccc3n12)C1CCCCC1. The fourth-order valence-electron chi connectivity index (χ4n) is 4.38. The van der Waals surface area contributed by atoms with Gasteiger partial charge in [0.15, 0.2) is 5.16 Å². The molecule has 4 rings (SSSR count). The summed E-state index contributed by atoms with van der Waals surface area (Å²) < 4.78 is 3.37. The van der Waals surface area contributed by atoms with Crippen LogP contribution in [0.25, 0.3) is 16.7 Å². The third-order valence-corrected chi connectivity index (χ3v) is 6.65. The van der Waals surface area contributed by atoms with Crippen LogP contribution in [0.2, 0.25) is 0 Å². The van der Waals surface area contributed by atoms with E-state index in [0.29, 0.717) is 28.1 Å². The molecule has 0 bridgehead atoms. The summed E-state index contributed by atoms with van der Waals surface area (Å²) in [6, 6.07) is 7.96. The van der Waals surface area contributed by atoms with Crippen molar-refractivity contribution in [3.05, 3.63) is 34.6 Å². The first kappa shape index (κ1) is 19.9. The van der Waals surface area contributed by atoms with Gasteiger partial charge in [-0.05, 0) is 38.8 Å². The average molecular weight is 414 g/mol. The van der Waals surface area contributed by atoms with Crippen LogP contribution in [0.4, 0.5) is 0 Å². The molecule has 1 amide bonds. The zero-order valence-electron chi connectivity index (χ0n) is 17.2. The van der Waals surface area contributed by atoms with E-state index in [0.717, 1.165) is 18.4 Å². The molecule has 0 saturated heterocycles. The quantitative estimate of drug-likeness (QED) is 0.601. The van der Waals surface area contributed by atoms with Crippen LogP contribution in [0.3, 0.4) is 0 Å². The summed E-state index contributed by atoms with van der Waals surface area (Å²) >= 11 is 1.39. The smallest absolute Gasteiger partial charge is 0.262 e. The van der Waals surface area contributed by atoms with E-state index in [4.69, 9.17) is 0 Å². The molecule has 7 nitrogen and oxygen atoms in total. The number of aromatic nitrogens is 4. The second-order valence-electron chi connectivity index (χ2n) is 7.97. The average Bonchev–Trinajstić information content (AvgIpc) is 3.15. The van der Waals surface area contributed by atoms with Crippen molar-refractivity contribution >= 4 is 34.3 Å². The van der Waals surface area contributed by atoms with Crippen molar-refractivity contribution in [2.45, 2.75) is 63.2 Å². The summed E-state index contributed by atoms with van der Waals surface area (Å²) in [5.41, 5.74) is 0.662. The number of carbonyl (C=O) groups is 1. The Kier molecular flexibility index (Phi) is 5.63. The molecule has 0 N–H and O–H groups in total. The number of hydrogen-bond acceptors (Lipinski definition) is 5. The molecule has 0 spiro atoms. The van der Waals surface area contributed by atoms with Gasteiger partial charge in [-0.3, -0.25) is 18.6 Å². The van der Waals surface area contributed by atoms with E-state index in [9.17, 15) is 9.59 Å². The molecule has 3 aromatic rings. The summed E-state index contributed by atoms with van der Waals surface area (Å²) in [4.78, 5) is 27.7. The van der Waals surface area contributed by atoms with Crippen molar-refractivity contribution in [3.63, 3.8) is 0 Å². The molecule has 1 fully saturated rings. The number of amides is 1. The lowest BCUT2D eigenvalue weighted by Crippen LogP contribution is -2.46. The zero-order chi connectivity index (χ0) is 20.5. The molecule has 0 atom stereocenters. The predicted octanol–water partition coefficient (Wildman–Crippen LogP) is 3.24. The minimum absolute atomic E-state index is 0.101. The first-order chi connectivity index (χ1) is 14.0. The minimum Gasteiger partial charge on any atom is -0.337 e. The molecule has 1 saturated carbocycles. The van der Waals surface area contributed by atoms with E-state index in [1.165, 1.54) is 35.6 Å². The van der Waals surface area contributed by atoms with Crippen molar-refractivity contribution in [2.24, 2.45) is 7.05 Å². The maximum absolute atomic E-state index is 13.1. The molecular weight excluding hydrogens is 386 g/mol. The molecule has 0 aliphatic heterocycles. The van der Waals surface area contributed by atoms with Crippen LogP contribution in [0.1, 0.15) is 46.0 Å². The summed E-state index contributed by atoms with van der Waals surface area (Å²) in [6.45, 7) is 4.18. The molecule has 0 radical (unpaired) electrons. The second-order valence-corrected chi connectivity index (χ2v) is 8.92. The molecule has 2 aromatic heterocycles. The van der Waals surface area contributed by atoms with Crippen molar-refractivity contribution in [3.8, 4) is 0 Å².